The molecule has 1 aliphatic carbocycles. The number of benzene rings is 2. The SMILES string of the molecule is Cn1nc(C(=O)N2CCC[C@@H](C(=O)O)C2)cc1NC(=O)OCC1c2ccccc2-c2ccccc21. The average Bonchev–Trinajstić information content (AvgIpc) is 3.39. The Morgan fingerprint density at radius 1 is 1.09 bits per heavy atom. The van der Waals surface area contributed by atoms with Crippen LogP contribution >= 0.6 is 0 Å². The number of carboxylic acids is 1. The van der Waals surface area contributed by atoms with E-state index in [0.717, 1.165) is 22.3 Å². The Hall–Kier alpha value is -4.14. The van der Waals surface area contributed by atoms with E-state index in [1.54, 1.807) is 7.05 Å². The van der Waals surface area contributed by atoms with Crippen molar-refractivity contribution in [3.05, 3.63) is 71.4 Å². The second-order valence-corrected chi connectivity index (χ2v) is 8.92. The lowest BCUT2D eigenvalue weighted by Gasteiger charge is -2.30. The molecular weight excluding hydrogens is 448 g/mol. The van der Waals surface area contributed by atoms with Crippen LogP contribution in [0.3, 0.4) is 0 Å². The summed E-state index contributed by atoms with van der Waals surface area (Å²) in [4.78, 5) is 38.3. The molecule has 1 aliphatic heterocycles. The van der Waals surface area contributed by atoms with E-state index in [4.69, 9.17) is 4.74 Å². The Labute approximate surface area is 202 Å². The van der Waals surface area contributed by atoms with Crippen LogP contribution in [-0.4, -0.2) is 57.5 Å². The van der Waals surface area contributed by atoms with Gasteiger partial charge in [-0.05, 0) is 35.1 Å². The van der Waals surface area contributed by atoms with Gasteiger partial charge in [-0.3, -0.25) is 19.6 Å². The summed E-state index contributed by atoms with van der Waals surface area (Å²) in [6, 6.07) is 17.7. The number of likely N-dealkylation sites (tertiary alicyclic amines) is 1. The molecule has 1 aromatic heterocycles. The number of aliphatic carboxylic acids is 1. The lowest BCUT2D eigenvalue weighted by molar-refractivity contribution is -0.143. The number of rotatable bonds is 5. The first kappa shape index (κ1) is 22.6. The molecule has 2 aliphatic rings. The average molecular weight is 475 g/mol. The summed E-state index contributed by atoms with van der Waals surface area (Å²) in [5.41, 5.74) is 4.68. The maximum atomic E-state index is 12.9. The summed E-state index contributed by atoms with van der Waals surface area (Å²) in [5.74, 6) is -1.57. The van der Waals surface area contributed by atoms with E-state index in [2.05, 4.69) is 34.7 Å². The number of fused-ring (bicyclic) bond motifs is 3. The van der Waals surface area contributed by atoms with Gasteiger partial charge in [0.25, 0.3) is 5.91 Å². The molecule has 3 aromatic rings. The summed E-state index contributed by atoms with van der Waals surface area (Å²) >= 11 is 0. The zero-order chi connectivity index (χ0) is 24.5. The lowest BCUT2D eigenvalue weighted by Crippen LogP contribution is -2.42. The number of carbonyl (C=O) groups excluding carboxylic acids is 2. The first-order chi connectivity index (χ1) is 16.9. The monoisotopic (exact) mass is 474 g/mol. The highest BCUT2D eigenvalue weighted by molar-refractivity contribution is 5.94. The van der Waals surface area contributed by atoms with Gasteiger partial charge in [0.2, 0.25) is 0 Å². The van der Waals surface area contributed by atoms with Crippen molar-refractivity contribution in [1.82, 2.24) is 14.7 Å². The Kier molecular flexibility index (Phi) is 5.98. The van der Waals surface area contributed by atoms with Gasteiger partial charge in [-0.2, -0.15) is 5.10 Å². The lowest BCUT2D eigenvalue weighted by atomic mass is 9.98. The predicted molar refractivity (Wildman–Crippen MR) is 128 cm³/mol. The zero-order valence-electron chi connectivity index (χ0n) is 19.3. The van der Waals surface area contributed by atoms with Crippen molar-refractivity contribution < 1.29 is 24.2 Å². The molecule has 0 unspecified atom stereocenters. The Bertz CT molecular complexity index is 1250. The summed E-state index contributed by atoms with van der Waals surface area (Å²) in [5, 5.41) is 16.1. The van der Waals surface area contributed by atoms with Crippen molar-refractivity contribution in [2.75, 3.05) is 25.0 Å². The van der Waals surface area contributed by atoms with Crippen molar-refractivity contribution in [3.63, 3.8) is 0 Å². The van der Waals surface area contributed by atoms with Crippen LogP contribution in [0.5, 0.6) is 0 Å². The van der Waals surface area contributed by atoms with Crippen molar-refractivity contribution in [2.45, 2.75) is 18.8 Å². The second kappa shape index (κ2) is 9.25. The molecule has 2 N–H and O–H groups in total. The van der Waals surface area contributed by atoms with E-state index >= 15 is 0 Å². The Balaban J connectivity index is 1.24. The first-order valence-corrected chi connectivity index (χ1v) is 11.6. The van der Waals surface area contributed by atoms with E-state index < -0.39 is 18.0 Å². The number of hydrogen-bond acceptors (Lipinski definition) is 5. The van der Waals surface area contributed by atoms with Gasteiger partial charge >= 0.3 is 12.1 Å². The van der Waals surface area contributed by atoms with Crippen molar-refractivity contribution in [3.8, 4) is 11.1 Å². The fraction of sp³-hybridized carbons (Fsp3) is 0.308. The van der Waals surface area contributed by atoms with Crippen molar-refractivity contribution >= 4 is 23.8 Å². The molecule has 2 aromatic carbocycles. The number of ether oxygens (including phenoxy) is 1. The molecule has 0 radical (unpaired) electrons. The highest BCUT2D eigenvalue weighted by Crippen LogP contribution is 2.44. The molecule has 0 bridgehead atoms. The van der Waals surface area contributed by atoms with Gasteiger partial charge in [-0.15, -0.1) is 0 Å². The van der Waals surface area contributed by atoms with Crippen LogP contribution in [0.25, 0.3) is 11.1 Å². The number of nitrogens with zero attached hydrogens (tertiary/aromatic N) is 3. The molecule has 9 heteroatoms. The van der Waals surface area contributed by atoms with E-state index in [1.165, 1.54) is 15.6 Å². The van der Waals surface area contributed by atoms with Gasteiger partial charge in [-0.1, -0.05) is 48.5 Å². The second-order valence-electron chi connectivity index (χ2n) is 8.92. The molecule has 0 spiro atoms. The third-order valence-corrected chi connectivity index (χ3v) is 6.73. The first-order valence-electron chi connectivity index (χ1n) is 11.6. The number of carbonyl (C=O) groups is 3. The minimum Gasteiger partial charge on any atom is -0.481 e. The Morgan fingerprint density at radius 2 is 1.74 bits per heavy atom. The summed E-state index contributed by atoms with van der Waals surface area (Å²) < 4.78 is 6.97. The number of anilines is 1. The number of carboxylic acid groups (broad SMARTS) is 1. The highest BCUT2D eigenvalue weighted by atomic mass is 16.5. The molecule has 2 heterocycles. The fourth-order valence-corrected chi connectivity index (χ4v) is 4.95. The number of aryl methyl sites for hydroxylation is 1. The minimum atomic E-state index is -0.902. The van der Waals surface area contributed by atoms with Gasteiger partial charge < -0.3 is 14.7 Å². The number of hydrogen-bond donors (Lipinski definition) is 2. The molecular formula is C26H26N4O5. The minimum absolute atomic E-state index is 0.0573. The van der Waals surface area contributed by atoms with E-state index in [9.17, 15) is 19.5 Å². The molecule has 180 valence electrons. The molecule has 0 saturated carbocycles. The van der Waals surface area contributed by atoms with Crippen molar-refractivity contribution in [1.29, 1.82) is 0 Å². The third kappa shape index (κ3) is 4.37. The predicted octanol–water partition coefficient (Wildman–Crippen LogP) is 3.72. The number of amides is 2. The largest absolute Gasteiger partial charge is 0.481 e. The number of piperidine rings is 1. The third-order valence-electron chi connectivity index (χ3n) is 6.73. The smallest absolute Gasteiger partial charge is 0.412 e. The van der Waals surface area contributed by atoms with E-state index in [0.29, 0.717) is 25.2 Å². The summed E-state index contributed by atoms with van der Waals surface area (Å²) in [7, 11) is 1.62. The van der Waals surface area contributed by atoms with Gasteiger partial charge in [0, 0.05) is 32.1 Å². The number of nitrogens with one attached hydrogen (secondary N) is 1. The maximum absolute atomic E-state index is 12.9. The van der Waals surface area contributed by atoms with E-state index in [-0.39, 0.29) is 30.7 Å². The molecule has 5 rings (SSSR count). The highest BCUT2D eigenvalue weighted by Gasteiger charge is 2.31. The zero-order valence-corrected chi connectivity index (χ0v) is 19.3. The molecule has 9 nitrogen and oxygen atoms in total. The van der Waals surface area contributed by atoms with Gasteiger partial charge in [0.1, 0.15) is 12.4 Å². The van der Waals surface area contributed by atoms with Crippen LogP contribution in [-0.2, 0) is 16.6 Å². The summed E-state index contributed by atoms with van der Waals surface area (Å²) in [6.45, 7) is 0.808. The number of aromatic nitrogens is 2. The van der Waals surface area contributed by atoms with Gasteiger partial charge in [0.05, 0.1) is 5.92 Å². The van der Waals surface area contributed by atoms with Crippen LogP contribution in [0.15, 0.2) is 54.6 Å². The van der Waals surface area contributed by atoms with Crippen LogP contribution in [0.4, 0.5) is 10.6 Å². The van der Waals surface area contributed by atoms with E-state index in [1.807, 2.05) is 24.3 Å². The quantitative estimate of drug-likeness (QED) is 0.583. The van der Waals surface area contributed by atoms with Crippen LogP contribution in [0, 0.1) is 5.92 Å². The normalized spacial score (nSPS) is 16.9. The van der Waals surface area contributed by atoms with Crippen LogP contribution < -0.4 is 5.32 Å². The summed E-state index contributed by atoms with van der Waals surface area (Å²) in [6.07, 6.45) is 0.536. The maximum Gasteiger partial charge on any atom is 0.412 e. The van der Waals surface area contributed by atoms with Gasteiger partial charge in [-0.25, -0.2) is 4.79 Å². The van der Waals surface area contributed by atoms with Gasteiger partial charge in [0.15, 0.2) is 5.69 Å². The standard InChI is InChI=1S/C26H26N4O5/c1-29-23(13-22(28-29)24(31)30-12-6-7-16(14-30)25(32)33)27-26(34)35-15-21-19-10-4-2-8-17(19)18-9-3-5-11-20(18)21/h2-5,8-11,13,16,21H,6-7,12,14-15H2,1H3,(H,27,34)(H,32,33)/t16-/m1/s1. The molecule has 1 saturated heterocycles. The topological polar surface area (TPSA) is 114 Å². The van der Waals surface area contributed by atoms with Crippen LogP contribution in [0.1, 0.15) is 40.4 Å². The molecule has 1 fully saturated rings. The molecule has 2 amide bonds. The Morgan fingerprint density at radius 3 is 2.40 bits per heavy atom. The molecule has 1 atom stereocenters. The molecule has 35 heavy (non-hydrogen) atoms. The fourth-order valence-electron chi connectivity index (χ4n) is 4.95. The van der Waals surface area contributed by atoms with Crippen LogP contribution in [0.2, 0.25) is 0 Å². The van der Waals surface area contributed by atoms with Crippen molar-refractivity contribution in [2.24, 2.45) is 13.0 Å².